The van der Waals surface area contributed by atoms with Crippen molar-refractivity contribution in [2.75, 3.05) is 12.9 Å². The fourth-order valence-electron chi connectivity index (χ4n) is 3.04. The van der Waals surface area contributed by atoms with Gasteiger partial charge >= 0.3 is 5.97 Å². The molecule has 1 saturated carbocycles. The molecule has 0 saturated heterocycles. The summed E-state index contributed by atoms with van der Waals surface area (Å²) >= 11 is 0. The first kappa shape index (κ1) is 17.9. The predicted octanol–water partition coefficient (Wildman–Crippen LogP) is 1.31. The van der Waals surface area contributed by atoms with E-state index < -0.39 is 10.0 Å². The summed E-state index contributed by atoms with van der Waals surface area (Å²) in [5, 5.41) is 4.00. The van der Waals surface area contributed by atoms with Crippen molar-refractivity contribution >= 4 is 16.0 Å². The number of aromatic nitrogens is 2. The molecule has 1 N–H and O–H groups in total. The Kier molecular flexibility index (Phi) is 6.59. The summed E-state index contributed by atoms with van der Waals surface area (Å²) in [6.07, 6.45) is 8.65. The van der Waals surface area contributed by atoms with Crippen molar-refractivity contribution in [3.63, 3.8) is 0 Å². The second kappa shape index (κ2) is 8.44. The number of rotatable bonds is 8. The predicted molar refractivity (Wildman–Crippen MR) is 86.1 cm³/mol. The molecule has 7 nitrogen and oxygen atoms in total. The third-order valence-corrected chi connectivity index (χ3v) is 5.69. The molecule has 2 rings (SSSR count). The molecule has 0 radical (unpaired) electrons. The molecule has 0 bridgehead atoms. The van der Waals surface area contributed by atoms with Crippen molar-refractivity contribution in [3.8, 4) is 0 Å². The van der Waals surface area contributed by atoms with Crippen molar-refractivity contribution in [2.45, 2.75) is 51.1 Å². The Bertz CT molecular complexity index is 580. The van der Waals surface area contributed by atoms with Gasteiger partial charge in [0.1, 0.15) is 0 Å². The summed E-state index contributed by atoms with van der Waals surface area (Å²) in [5.41, 5.74) is 0. The van der Waals surface area contributed by atoms with Gasteiger partial charge in [0.05, 0.1) is 25.8 Å². The minimum absolute atomic E-state index is 0.0565. The number of sulfonamides is 1. The number of hydrogen-bond donors (Lipinski definition) is 1. The standard InChI is InChI=1S/C15H25N3O4S/c1-22-15(19)12-14(13-6-3-2-4-7-13)17-23(20,21)11-10-18-9-5-8-16-18/h5,8-9,13-14,17H,2-4,6-7,10-12H2,1H3/t14-/m1/s1. The Balaban J connectivity index is 1.97. The van der Waals surface area contributed by atoms with Gasteiger partial charge in [0.15, 0.2) is 0 Å². The van der Waals surface area contributed by atoms with E-state index in [4.69, 9.17) is 4.74 Å². The lowest BCUT2D eigenvalue weighted by Gasteiger charge is -2.30. The van der Waals surface area contributed by atoms with Crippen LogP contribution in [0.5, 0.6) is 0 Å². The number of carbonyl (C=O) groups excluding carboxylic acids is 1. The molecule has 23 heavy (non-hydrogen) atoms. The molecule has 1 aliphatic carbocycles. The number of hydrogen-bond acceptors (Lipinski definition) is 5. The minimum Gasteiger partial charge on any atom is -0.469 e. The van der Waals surface area contributed by atoms with Gasteiger partial charge in [-0.3, -0.25) is 9.48 Å². The molecule has 0 spiro atoms. The molecular formula is C15H25N3O4S. The number of ether oxygens (including phenoxy) is 1. The highest BCUT2D eigenvalue weighted by atomic mass is 32.2. The maximum absolute atomic E-state index is 12.3. The van der Waals surface area contributed by atoms with Crippen molar-refractivity contribution < 1.29 is 17.9 Å². The molecular weight excluding hydrogens is 318 g/mol. The van der Waals surface area contributed by atoms with Crippen LogP contribution in [0.15, 0.2) is 18.5 Å². The molecule has 0 aliphatic heterocycles. The zero-order valence-electron chi connectivity index (χ0n) is 13.5. The lowest BCUT2D eigenvalue weighted by molar-refractivity contribution is -0.141. The van der Waals surface area contributed by atoms with Crippen LogP contribution in [-0.4, -0.2) is 43.1 Å². The van der Waals surface area contributed by atoms with Crippen LogP contribution in [0.2, 0.25) is 0 Å². The van der Waals surface area contributed by atoms with Crippen molar-refractivity contribution in [1.29, 1.82) is 0 Å². The minimum atomic E-state index is -3.48. The Morgan fingerprint density at radius 2 is 2.13 bits per heavy atom. The van der Waals surface area contributed by atoms with Crippen LogP contribution >= 0.6 is 0 Å². The summed E-state index contributed by atoms with van der Waals surface area (Å²) < 4.78 is 33.7. The average molecular weight is 343 g/mol. The molecule has 1 fully saturated rings. The zero-order valence-corrected chi connectivity index (χ0v) is 14.3. The number of aryl methyl sites for hydroxylation is 1. The van der Waals surface area contributed by atoms with Gasteiger partial charge in [-0.05, 0) is 24.8 Å². The van der Waals surface area contributed by atoms with E-state index in [1.54, 1.807) is 23.1 Å². The van der Waals surface area contributed by atoms with Crippen molar-refractivity contribution in [3.05, 3.63) is 18.5 Å². The Morgan fingerprint density at radius 1 is 1.39 bits per heavy atom. The van der Waals surface area contributed by atoms with Crippen LogP contribution in [-0.2, 0) is 26.1 Å². The number of methoxy groups -OCH3 is 1. The SMILES string of the molecule is COC(=O)C[C@@H](NS(=O)(=O)CCn1cccn1)C1CCCCC1. The van der Waals surface area contributed by atoms with E-state index in [9.17, 15) is 13.2 Å². The summed E-state index contributed by atoms with van der Waals surface area (Å²) in [6.45, 7) is 0.290. The van der Waals surface area contributed by atoms with Gasteiger partial charge in [-0.15, -0.1) is 0 Å². The second-order valence-electron chi connectivity index (χ2n) is 5.99. The highest BCUT2D eigenvalue weighted by Crippen LogP contribution is 2.28. The number of nitrogens with one attached hydrogen (secondary N) is 1. The largest absolute Gasteiger partial charge is 0.469 e. The smallest absolute Gasteiger partial charge is 0.307 e. The Hall–Kier alpha value is -1.41. The van der Waals surface area contributed by atoms with Crippen LogP contribution in [0.1, 0.15) is 38.5 Å². The third-order valence-electron chi connectivity index (χ3n) is 4.31. The van der Waals surface area contributed by atoms with E-state index in [0.717, 1.165) is 25.7 Å². The first-order chi connectivity index (χ1) is 11.0. The second-order valence-corrected chi connectivity index (χ2v) is 7.86. The van der Waals surface area contributed by atoms with Crippen LogP contribution < -0.4 is 4.72 Å². The third kappa shape index (κ3) is 5.95. The van der Waals surface area contributed by atoms with E-state index in [1.165, 1.54) is 13.5 Å². The quantitative estimate of drug-likeness (QED) is 0.719. The highest BCUT2D eigenvalue weighted by Gasteiger charge is 2.29. The molecule has 0 aromatic carbocycles. The number of nitrogens with zero attached hydrogens (tertiary/aromatic N) is 2. The fraction of sp³-hybridized carbons (Fsp3) is 0.733. The summed E-state index contributed by atoms with van der Waals surface area (Å²) in [6, 6.07) is 1.37. The van der Waals surface area contributed by atoms with Crippen molar-refractivity contribution in [1.82, 2.24) is 14.5 Å². The lowest BCUT2D eigenvalue weighted by atomic mass is 9.83. The van der Waals surface area contributed by atoms with E-state index in [0.29, 0.717) is 0 Å². The van der Waals surface area contributed by atoms with Gasteiger partial charge in [-0.1, -0.05) is 19.3 Å². The van der Waals surface area contributed by atoms with Gasteiger partial charge in [0.25, 0.3) is 0 Å². The molecule has 130 valence electrons. The zero-order chi connectivity index (χ0) is 16.7. The van der Waals surface area contributed by atoms with Crippen LogP contribution in [0.3, 0.4) is 0 Å². The summed E-state index contributed by atoms with van der Waals surface area (Å²) in [7, 11) is -2.15. The summed E-state index contributed by atoms with van der Waals surface area (Å²) in [5.74, 6) is -0.239. The van der Waals surface area contributed by atoms with Gasteiger partial charge < -0.3 is 4.74 Å². The molecule has 1 aromatic rings. The van der Waals surface area contributed by atoms with Gasteiger partial charge in [-0.25, -0.2) is 13.1 Å². The average Bonchev–Trinajstić information content (AvgIpc) is 3.06. The Morgan fingerprint density at radius 3 is 2.74 bits per heavy atom. The van der Waals surface area contributed by atoms with E-state index in [2.05, 4.69) is 9.82 Å². The molecule has 1 atom stereocenters. The highest BCUT2D eigenvalue weighted by molar-refractivity contribution is 7.89. The number of esters is 1. The maximum Gasteiger partial charge on any atom is 0.307 e. The van der Waals surface area contributed by atoms with Gasteiger partial charge in [0, 0.05) is 18.4 Å². The maximum atomic E-state index is 12.3. The molecule has 1 aromatic heterocycles. The van der Waals surface area contributed by atoms with E-state index in [-0.39, 0.29) is 36.6 Å². The van der Waals surface area contributed by atoms with Gasteiger partial charge in [0.2, 0.25) is 10.0 Å². The molecule has 0 unspecified atom stereocenters. The first-order valence-electron chi connectivity index (χ1n) is 8.04. The fourth-order valence-corrected chi connectivity index (χ4v) is 4.32. The van der Waals surface area contributed by atoms with Crippen molar-refractivity contribution in [2.24, 2.45) is 5.92 Å². The van der Waals surface area contributed by atoms with Crippen LogP contribution in [0.25, 0.3) is 0 Å². The van der Waals surface area contributed by atoms with Crippen LogP contribution in [0, 0.1) is 5.92 Å². The molecule has 8 heteroatoms. The lowest BCUT2D eigenvalue weighted by Crippen LogP contribution is -2.44. The Labute approximate surface area is 137 Å². The van der Waals surface area contributed by atoms with Crippen LogP contribution in [0.4, 0.5) is 0 Å². The molecule has 1 aliphatic rings. The first-order valence-corrected chi connectivity index (χ1v) is 9.69. The molecule has 0 amide bonds. The van der Waals surface area contributed by atoms with E-state index >= 15 is 0 Å². The molecule has 1 heterocycles. The van der Waals surface area contributed by atoms with E-state index in [1.807, 2.05) is 0 Å². The topological polar surface area (TPSA) is 90.3 Å². The van der Waals surface area contributed by atoms with Gasteiger partial charge in [-0.2, -0.15) is 5.10 Å². The normalized spacial score (nSPS) is 17.8. The number of carbonyl (C=O) groups is 1. The monoisotopic (exact) mass is 343 g/mol. The summed E-state index contributed by atoms with van der Waals surface area (Å²) in [4.78, 5) is 11.6.